The highest BCUT2D eigenvalue weighted by Crippen LogP contribution is 2.32. The molecule has 0 N–H and O–H groups in total. The lowest BCUT2D eigenvalue weighted by molar-refractivity contribution is -0.140. The van der Waals surface area contributed by atoms with E-state index in [1.165, 1.54) is 29.8 Å². The van der Waals surface area contributed by atoms with Gasteiger partial charge in [0.15, 0.2) is 0 Å². The van der Waals surface area contributed by atoms with E-state index in [1.54, 1.807) is 0 Å². The third-order valence-corrected chi connectivity index (χ3v) is 5.78. The van der Waals surface area contributed by atoms with E-state index in [2.05, 4.69) is 10.8 Å². The predicted molar refractivity (Wildman–Crippen MR) is 72.0 cm³/mol. The number of hydrogen-bond acceptors (Lipinski definition) is 4. The highest BCUT2D eigenvalue weighted by atomic mass is 32.2. The summed E-state index contributed by atoms with van der Waals surface area (Å²) in [7, 11) is -2.08. The van der Waals surface area contributed by atoms with Gasteiger partial charge in [-0.2, -0.15) is 4.31 Å². The molecule has 19 heavy (non-hydrogen) atoms. The Balaban J connectivity index is 1.97. The largest absolute Gasteiger partial charge is 0.469 e. The number of carbonyl (C=O) groups excluding carboxylic acids is 1. The number of ether oxygens (including phenoxy) is 1. The Kier molecular flexibility index (Phi) is 4.62. The summed E-state index contributed by atoms with van der Waals surface area (Å²) in [5, 5.41) is 0. The van der Waals surface area contributed by atoms with Crippen LogP contribution in [0, 0.1) is 5.92 Å². The number of nitrogens with zero attached hydrogens (tertiary/aromatic N) is 1. The zero-order chi connectivity index (χ0) is 13.9. The number of allylic oxidation sites excluding steroid dienone is 1. The molecule has 0 radical (unpaired) electrons. The van der Waals surface area contributed by atoms with Crippen molar-refractivity contribution in [1.29, 1.82) is 0 Å². The van der Waals surface area contributed by atoms with Gasteiger partial charge in [-0.25, -0.2) is 8.42 Å². The van der Waals surface area contributed by atoms with E-state index in [1.807, 2.05) is 0 Å². The van der Waals surface area contributed by atoms with Gasteiger partial charge in [-0.15, -0.1) is 0 Å². The maximum Gasteiger partial charge on any atom is 0.306 e. The lowest BCUT2D eigenvalue weighted by atomic mass is 9.83. The summed E-state index contributed by atoms with van der Waals surface area (Å²) in [4.78, 5) is 11.1. The van der Waals surface area contributed by atoms with Crippen molar-refractivity contribution in [3.05, 3.63) is 11.6 Å². The van der Waals surface area contributed by atoms with Crippen LogP contribution >= 0.6 is 0 Å². The van der Waals surface area contributed by atoms with Gasteiger partial charge >= 0.3 is 5.97 Å². The van der Waals surface area contributed by atoms with E-state index in [0.29, 0.717) is 19.0 Å². The number of rotatable bonds is 4. The second-order valence-electron chi connectivity index (χ2n) is 5.17. The van der Waals surface area contributed by atoms with Gasteiger partial charge in [0.2, 0.25) is 10.0 Å². The molecule has 1 fully saturated rings. The normalized spacial score (nSPS) is 24.5. The average molecular weight is 287 g/mol. The number of hydrogen-bond donors (Lipinski definition) is 0. The van der Waals surface area contributed by atoms with E-state index in [4.69, 9.17) is 0 Å². The van der Waals surface area contributed by atoms with Crippen LogP contribution in [0.1, 0.15) is 32.1 Å². The van der Waals surface area contributed by atoms with Gasteiger partial charge < -0.3 is 4.74 Å². The van der Waals surface area contributed by atoms with Crippen LogP contribution in [0.15, 0.2) is 11.6 Å². The van der Waals surface area contributed by atoms with Crippen LogP contribution in [0.25, 0.3) is 0 Å². The van der Waals surface area contributed by atoms with E-state index in [9.17, 15) is 13.2 Å². The van der Waals surface area contributed by atoms with Gasteiger partial charge in [-0.05, 0) is 31.6 Å². The standard InChI is InChI=1S/C13H21NO4S/c1-18-13(15)7-9-19(16,17)14-8-6-11-4-2-3-5-12(11)10-14/h5,11H,2-4,6-10H2,1H3. The summed E-state index contributed by atoms with van der Waals surface area (Å²) in [6.07, 6.45) is 6.48. The molecule has 1 unspecified atom stereocenters. The fraction of sp³-hybridized carbons (Fsp3) is 0.769. The fourth-order valence-electron chi connectivity index (χ4n) is 2.79. The Morgan fingerprint density at radius 3 is 3.00 bits per heavy atom. The van der Waals surface area contributed by atoms with Gasteiger partial charge in [0.1, 0.15) is 0 Å². The van der Waals surface area contributed by atoms with E-state index in [-0.39, 0.29) is 12.2 Å². The number of piperidine rings is 1. The van der Waals surface area contributed by atoms with Crippen LogP contribution in [-0.4, -0.2) is 44.6 Å². The number of sulfonamides is 1. The first-order valence-corrected chi connectivity index (χ1v) is 8.37. The minimum atomic E-state index is -3.35. The molecule has 0 aromatic rings. The summed E-state index contributed by atoms with van der Waals surface area (Å²) < 4.78 is 30.3. The molecule has 5 nitrogen and oxygen atoms in total. The molecule has 2 aliphatic rings. The topological polar surface area (TPSA) is 63.7 Å². The molecule has 1 aliphatic heterocycles. The molecule has 6 heteroatoms. The molecule has 0 spiro atoms. The number of carbonyl (C=O) groups is 1. The summed E-state index contributed by atoms with van der Waals surface area (Å²) in [5.41, 5.74) is 1.26. The van der Waals surface area contributed by atoms with Crippen molar-refractivity contribution in [2.24, 2.45) is 5.92 Å². The molecule has 0 aromatic carbocycles. The second-order valence-corrected chi connectivity index (χ2v) is 7.26. The molecule has 0 amide bonds. The maximum absolute atomic E-state index is 12.2. The quantitative estimate of drug-likeness (QED) is 0.578. The average Bonchev–Trinajstić information content (AvgIpc) is 2.44. The Morgan fingerprint density at radius 1 is 1.47 bits per heavy atom. The maximum atomic E-state index is 12.2. The summed E-state index contributed by atoms with van der Waals surface area (Å²) in [5.74, 6) is -0.0615. The summed E-state index contributed by atoms with van der Waals surface area (Å²) in [6.45, 7) is 1.08. The van der Waals surface area contributed by atoms with Crippen LogP contribution in [0.2, 0.25) is 0 Å². The number of esters is 1. The minimum Gasteiger partial charge on any atom is -0.469 e. The highest BCUT2D eigenvalue weighted by molar-refractivity contribution is 7.89. The van der Waals surface area contributed by atoms with Crippen molar-refractivity contribution < 1.29 is 17.9 Å². The molecular formula is C13H21NO4S. The van der Waals surface area contributed by atoms with Gasteiger partial charge in [0, 0.05) is 13.1 Å². The van der Waals surface area contributed by atoms with Crippen LogP contribution in [0.5, 0.6) is 0 Å². The fourth-order valence-corrected chi connectivity index (χ4v) is 4.20. The first-order chi connectivity index (χ1) is 9.03. The van der Waals surface area contributed by atoms with Gasteiger partial charge in [-0.1, -0.05) is 11.6 Å². The Hall–Kier alpha value is -0.880. The Labute approximate surface area is 114 Å². The summed E-state index contributed by atoms with van der Waals surface area (Å²) in [6, 6.07) is 0. The van der Waals surface area contributed by atoms with E-state index < -0.39 is 16.0 Å². The minimum absolute atomic E-state index is 0.0716. The van der Waals surface area contributed by atoms with E-state index in [0.717, 1.165) is 12.8 Å². The summed E-state index contributed by atoms with van der Waals surface area (Å²) >= 11 is 0. The van der Waals surface area contributed by atoms with Gasteiger partial charge in [0.05, 0.1) is 19.3 Å². The molecule has 0 saturated carbocycles. The van der Waals surface area contributed by atoms with Crippen LogP contribution in [-0.2, 0) is 19.6 Å². The Bertz CT molecular complexity index is 469. The van der Waals surface area contributed by atoms with Crippen molar-refractivity contribution in [1.82, 2.24) is 4.31 Å². The first kappa shape index (κ1) is 14.5. The predicted octanol–water partition coefficient (Wildman–Crippen LogP) is 1.31. The Morgan fingerprint density at radius 2 is 2.26 bits per heavy atom. The first-order valence-electron chi connectivity index (χ1n) is 6.76. The lowest BCUT2D eigenvalue weighted by Gasteiger charge is -2.35. The zero-order valence-corrected chi connectivity index (χ0v) is 12.1. The third kappa shape index (κ3) is 3.57. The molecule has 1 aliphatic carbocycles. The van der Waals surface area contributed by atoms with Crippen molar-refractivity contribution >= 4 is 16.0 Å². The lowest BCUT2D eigenvalue weighted by Crippen LogP contribution is -2.41. The number of fused-ring (bicyclic) bond motifs is 1. The molecule has 108 valence electrons. The molecular weight excluding hydrogens is 266 g/mol. The molecule has 0 aromatic heterocycles. The zero-order valence-electron chi connectivity index (χ0n) is 11.3. The SMILES string of the molecule is COC(=O)CCS(=O)(=O)N1CCC2CCCC=C2C1. The monoisotopic (exact) mass is 287 g/mol. The van der Waals surface area contributed by atoms with E-state index >= 15 is 0 Å². The van der Waals surface area contributed by atoms with Crippen LogP contribution in [0.3, 0.4) is 0 Å². The molecule has 2 rings (SSSR count). The molecule has 0 bridgehead atoms. The van der Waals surface area contributed by atoms with Crippen molar-refractivity contribution in [3.8, 4) is 0 Å². The molecule has 1 atom stereocenters. The number of methoxy groups -OCH3 is 1. The third-order valence-electron chi connectivity index (χ3n) is 3.96. The van der Waals surface area contributed by atoms with Crippen molar-refractivity contribution in [2.45, 2.75) is 32.1 Å². The molecule has 1 saturated heterocycles. The van der Waals surface area contributed by atoms with Gasteiger partial charge in [0.25, 0.3) is 0 Å². The second kappa shape index (κ2) is 6.05. The van der Waals surface area contributed by atoms with Crippen LogP contribution in [0.4, 0.5) is 0 Å². The van der Waals surface area contributed by atoms with Crippen molar-refractivity contribution in [2.75, 3.05) is 26.0 Å². The van der Waals surface area contributed by atoms with Crippen LogP contribution < -0.4 is 0 Å². The van der Waals surface area contributed by atoms with Crippen molar-refractivity contribution in [3.63, 3.8) is 0 Å². The highest BCUT2D eigenvalue weighted by Gasteiger charge is 2.31. The van der Waals surface area contributed by atoms with Gasteiger partial charge in [-0.3, -0.25) is 4.79 Å². The smallest absolute Gasteiger partial charge is 0.306 e. The molecule has 1 heterocycles.